The van der Waals surface area contributed by atoms with Crippen molar-refractivity contribution in [2.75, 3.05) is 23.3 Å². The minimum Gasteiger partial charge on any atom is -0.495 e. The lowest BCUT2D eigenvalue weighted by molar-refractivity contribution is -0.119. The van der Waals surface area contributed by atoms with E-state index in [1.54, 1.807) is 17.0 Å². The number of fused-ring (bicyclic) bond motifs is 1. The molecular weight excluding hydrogens is 388 g/mol. The van der Waals surface area contributed by atoms with Crippen molar-refractivity contribution in [3.63, 3.8) is 0 Å². The number of rotatable bonds is 5. The van der Waals surface area contributed by atoms with E-state index >= 15 is 0 Å². The Morgan fingerprint density at radius 2 is 2.00 bits per heavy atom. The molecule has 6 nitrogen and oxygen atoms in total. The molecule has 0 spiro atoms. The highest BCUT2D eigenvalue weighted by atomic mass is 35.5. The molecule has 2 aromatic carbocycles. The molecule has 1 amide bonds. The summed E-state index contributed by atoms with van der Waals surface area (Å²) >= 11 is 6.04. The Hall–Kier alpha value is -2.25. The Balaban J connectivity index is 1.60. The zero-order valence-corrected chi connectivity index (χ0v) is 16.3. The maximum Gasteiger partial charge on any atom is 0.261 e. The standard InChI is InChI=1S/C19H19ClN2O4S/c1-26-18-7-6-15(11-16(18)20)27(24,25)21-14-5-4-12-8-9-22(17(12)10-14)19(23)13-2-3-13/h4-7,10-11,13,21H,2-3,8-9H2,1H3. The third-order valence-corrected chi connectivity index (χ3v) is 6.53. The first-order valence-corrected chi connectivity index (χ1v) is 10.6. The lowest BCUT2D eigenvalue weighted by Gasteiger charge is -2.18. The predicted octanol–water partition coefficient (Wildman–Crippen LogP) is 3.45. The van der Waals surface area contributed by atoms with Gasteiger partial charge in [-0.05, 0) is 55.2 Å². The van der Waals surface area contributed by atoms with E-state index in [0.29, 0.717) is 18.0 Å². The van der Waals surface area contributed by atoms with Crippen LogP contribution in [0.2, 0.25) is 5.02 Å². The van der Waals surface area contributed by atoms with E-state index in [0.717, 1.165) is 30.5 Å². The van der Waals surface area contributed by atoms with E-state index < -0.39 is 10.0 Å². The minimum atomic E-state index is -3.81. The van der Waals surface area contributed by atoms with Crippen molar-refractivity contribution in [3.05, 3.63) is 47.0 Å². The third-order valence-electron chi connectivity index (χ3n) is 4.86. The maximum absolute atomic E-state index is 12.7. The fourth-order valence-corrected chi connectivity index (χ4v) is 4.65. The van der Waals surface area contributed by atoms with Crippen LogP contribution in [-0.2, 0) is 21.2 Å². The largest absolute Gasteiger partial charge is 0.495 e. The molecule has 2 aromatic rings. The van der Waals surface area contributed by atoms with Crippen molar-refractivity contribution >= 4 is 38.9 Å². The van der Waals surface area contributed by atoms with Gasteiger partial charge in [-0.15, -0.1) is 0 Å². The summed E-state index contributed by atoms with van der Waals surface area (Å²) in [6.45, 7) is 0.648. The molecule has 0 radical (unpaired) electrons. The molecule has 2 aliphatic rings. The Bertz CT molecular complexity index is 1020. The van der Waals surface area contributed by atoms with Crippen molar-refractivity contribution in [1.29, 1.82) is 0 Å². The average molecular weight is 407 g/mol. The maximum atomic E-state index is 12.7. The number of carbonyl (C=O) groups excluding carboxylic acids is 1. The average Bonchev–Trinajstić information content (AvgIpc) is 3.40. The lowest BCUT2D eigenvalue weighted by atomic mass is 10.1. The molecule has 1 fully saturated rings. The molecule has 0 saturated heterocycles. The number of carbonyl (C=O) groups is 1. The quantitative estimate of drug-likeness (QED) is 0.825. The number of nitrogens with one attached hydrogen (secondary N) is 1. The molecule has 0 atom stereocenters. The van der Waals surface area contributed by atoms with Crippen LogP contribution in [-0.4, -0.2) is 28.0 Å². The van der Waals surface area contributed by atoms with Gasteiger partial charge in [-0.3, -0.25) is 9.52 Å². The summed E-state index contributed by atoms with van der Waals surface area (Å²) < 4.78 is 33.0. The van der Waals surface area contributed by atoms with Crippen LogP contribution >= 0.6 is 11.6 Å². The summed E-state index contributed by atoms with van der Waals surface area (Å²) in [5, 5.41) is 0.218. The highest BCUT2D eigenvalue weighted by Gasteiger charge is 2.36. The van der Waals surface area contributed by atoms with Crippen LogP contribution in [0.5, 0.6) is 5.75 Å². The highest BCUT2D eigenvalue weighted by molar-refractivity contribution is 7.92. The molecule has 1 aliphatic carbocycles. The number of hydrogen-bond acceptors (Lipinski definition) is 4. The van der Waals surface area contributed by atoms with Crippen LogP contribution in [0.15, 0.2) is 41.3 Å². The molecule has 1 saturated carbocycles. The van der Waals surface area contributed by atoms with Gasteiger partial charge in [0.15, 0.2) is 0 Å². The summed E-state index contributed by atoms with van der Waals surface area (Å²) in [5.41, 5.74) is 2.26. The van der Waals surface area contributed by atoms with Crippen molar-refractivity contribution in [2.24, 2.45) is 5.92 Å². The SMILES string of the molecule is COc1ccc(S(=O)(=O)Nc2ccc3c(c2)N(C(=O)C2CC2)CC3)cc1Cl. The first-order valence-electron chi connectivity index (χ1n) is 8.70. The minimum absolute atomic E-state index is 0.0414. The smallest absolute Gasteiger partial charge is 0.261 e. The Morgan fingerprint density at radius 1 is 1.22 bits per heavy atom. The van der Waals surface area contributed by atoms with E-state index in [2.05, 4.69) is 4.72 Å². The second-order valence-corrected chi connectivity index (χ2v) is 8.85. The molecule has 1 N–H and O–H groups in total. The fraction of sp³-hybridized carbons (Fsp3) is 0.316. The van der Waals surface area contributed by atoms with E-state index in [1.165, 1.54) is 25.3 Å². The molecule has 1 aliphatic heterocycles. The number of sulfonamides is 1. The summed E-state index contributed by atoms with van der Waals surface area (Å²) in [4.78, 5) is 14.3. The molecule has 8 heteroatoms. The molecule has 27 heavy (non-hydrogen) atoms. The zero-order valence-electron chi connectivity index (χ0n) is 14.7. The summed E-state index contributed by atoms with van der Waals surface area (Å²) in [6, 6.07) is 9.60. The van der Waals surface area contributed by atoms with Crippen molar-refractivity contribution in [1.82, 2.24) is 0 Å². The van der Waals surface area contributed by atoms with Gasteiger partial charge in [-0.2, -0.15) is 0 Å². The summed E-state index contributed by atoms with van der Waals surface area (Å²) in [5.74, 6) is 0.663. The van der Waals surface area contributed by atoms with Gasteiger partial charge in [0.1, 0.15) is 5.75 Å². The number of hydrogen-bond donors (Lipinski definition) is 1. The number of nitrogens with zero attached hydrogens (tertiary/aromatic N) is 1. The Labute approximate surface area is 163 Å². The van der Waals surface area contributed by atoms with Crippen molar-refractivity contribution in [3.8, 4) is 5.75 Å². The van der Waals surface area contributed by atoms with Crippen LogP contribution in [0.4, 0.5) is 11.4 Å². The lowest BCUT2D eigenvalue weighted by Crippen LogP contribution is -2.30. The first kappa shape index (κ1) is 18.1. The van der Waals surface area contributed by atoms with Crippen LogP contribution in [0.25, 0.3) is 0 Å². The van der Waals surface area contributed by atoms with Gasteiger partial charge in [0, 0.05) is 18.2 Å². The van der Waals surface area contributed by atoms with Gasteiger partial charge in [0.25, 0.3) is 10.0 Å². The fourth-order valence-electron chi connectivity index (χ4n) is 3.25. The van der Waals surface area contributed by atoms with Gasteiger partial charge in [0.2, 0.25) is 5.91 Å². The summed E-state index contributed by atoms with van der Waals surface area (Å²) in [6.07, 6.45) is 2.67. The summed E-state index contributed by atoms with van der Waals surface area (Å²) in [7, 11) is -2.35. The van der Waals surface area contributed by atoms with Gasteiger partial charge >= 0.3 is 0 Å². The molecule has 0 bridgehead atoms. The predicted molar refractivity (Wildman–Crippen MR) is 104 cm³/mol. The molecule has 1 heterocycles. The molecule has 4 rings (SSSR count). The van der Waals surface area contributed by atoms with E-state index in [9.17, 15) is 13.2 Å². The zero-order chi connectivity index (χ0) is 19.2. The first-order chi connectivity index (χ1) is 12.9. The number of methoxy groups -OCH3 is 1. The Kier molecular flexibility index (Phi) is 4.52. The normalized spacial score (nSPS) is 16.1. The van der Waals surface area contributed by atoms with Crippen LogP contribution < -0.4 is 14.4 Å². The second kappa shape index (κ2) is 6.73. The van der Waals surface area contributed by atoms with E-state index in [1.807, 2.05) is 6.07 Å². The van der Waals surface area contributed by atoms with E-state index in [4.69, 9.17) is 16.3 Å². The van der Waals surface area contributed by atoms with Gasteiger partial charge < -0.3 is 9.64 Å². The van der Waals surface area contributed by atoms with Gasteiger partial charge in [-0.1, -0.05) is 17.7 Å². The van der Waals surface area contributed by atoms with Crippen LogP contribution in [0.3, 0.4) is 0 Å². The molecular formula is C19H19ClN2O4S. The number of anilines is 2. The third kappa shape index (κ3) is 3.49. The number of ether oxygens (including phenoxy) is 1. The molecule has 142 valence electrons. The second-order valence-electron chi connectivity index (χ2n) is 6.76. The monoisotopic (exact) mass is 406 g/mol. The van der Waals surface area contributed by atoms with Crippen LogP contribution in [0.1, 0.15) is 18.4 Å². The van der Waals surface area contributed by atoms with Gasteiger partial charge in [-0.25, -0.2) is 8.42 Å². The van der Waals surface area contributed by atoms with E-state index in [-0.39, 0.29) is 21.7 Å². The number of halogens is 1. The topological polar surface area (TPSA) is 75.7 Å². The van der Waals surface area contributed by atoms with Gasteiger partial charge in [0.05, 0.1) is 22.7 Å². The van der Waals surface area contributed by atoms with Crippen molar-refractivity contribution in [2.45, 2.75) is 24.2 Å². The molecule has 0 aromatic heterocycles. The number of amides is 1. The highest BCUT2D eigenvalue weighted by Crippen LogP contribution is 2.38. The molecule has 0 unspecified atom stereocenters. The Morgan fingerprint density at radius 3 is 2.67 bits per heavy atom. The van der Waals surface area contributed by atoms with Crippen molar-refractivity contribution < 1.29 is 17.9 Å². The van der Waals surface area contributed by atoms with Crippen LogP contribution in [0, 0.1) is 5.92 Å². The number of benzene rings is 2.